The van der Waals surface area contributed by atoms with Crippen LogP contribution in [0.25, 0.3) is 0 Å². The predicted octanol–water partition coefficient (Wildman–Crippen LogP) is 4.52. The van der Waals surface area contributed by atoms with Crippen LogP contribution in [-0.4, -0.2) is 25.3 Å². The van der Waals surface area contributed by atoms with Crippen molar-refractivity contribution in [3.63, 3.8) is 0 Å². The van der Waals surface area contributed by atoms with Gasteiger partial charge in [0.05, 0.1) is 5.71 Å². The van der Waals surface area contributed by atoms with Crippen molar-refractivity contribution in [1.82, 2.24) is 0 Å². The molecule has 1 aromatic rings. The second-order valence-electron chi connectivity index (χ2n) is 3.46. The van der Waals surface area contributed by atoms with Gasteiger partial charge in [0.1, 0.15) is 0 Å². The Morgan fingerprint density at radius 1 is 1.24 bits per heavy atom. The Morgan fingerprint density at radius 2 is 1.82 bits per heavy atom. The van der Waals surface area contributed by atoms with Gasteiger partial charge in [-0.3, -0.25) is 4.99 Å². The van der Waals surface area contributed by atoms with E-state index >= 15 is 0 Å². The monoisotopic (exact) mass is 265 g/mol. The Labute approximate surface area is 113 Å². The third-order valence-electron chi connectivity index (χ3n) is 2.44. The van der Waals surface area contributed by atoms with Crippen LogP contribution in [0.3, 0.4) is 0 Å². The van der Waals surface area contributed by atoms with E-state index in [-0.39, 0.29) is 0 Å². The number of thioether (sulfide) groups is 2. The first-order valence-electron chi connectivity index (χ1n) is 5.63. The molecule has 0 bridgehead atoms. The van der Waals surface area contributed by atoms with Crippen molar-refractivity contribution in [2.75, 3.05) is 19.6 Å². The van der Waals surface area contributed by atoms with Gasteiger partial charge in [-0.1, -0.05) is 19.1 Å². The van der Waals surface area contributed by atoms with Crippen LogP contribution in [-0.2, 0) is 0 Å². The van der Waals surface area contributed by atoms with Crippen molar-refractivity contribution in [3.05, 3.63) is 35.9 Å². The maximum Gasteiger partial charge on any atom is 0.0662 e. The molecule has 1 aromatic carbocycles. The SMILES string of the molecule is CC/C=C\C(=NC)c1c(SC)cccc1SC. The number of rotatable bonds is 5. The van der Waals surface area contributed by atoms with E-state index in [9.17, 15) is 0 Å². The highest BCUT2D eigenvalue weighted by Gasteiger charge is 2.10. The normalized spacial score (nSPS) is 12.4. The number of hydrogen-bond acceptors (Lipinski definition) is 3. The highest BCUT2D eigenvalue weighted by molar-refractivity contribution is 7.99. The Morgan fingerprint density at radius 3 is 2.24 bits per heavy atom. The zero-order chi connectivity index (χ0) is 12.7. The molecule has 0 aliphatic heterocycles. The molecule has 0 amide bonds. The first-order chi connectivity index (χ1) is 8.28. The summed E-state index contributed by atoms with van der Waals surface area (Å²) in [6, 6.07) is 6.42. The summed E-state index contributed by atoms with van der Waals surface area (Å²) in [4.78, 5) is 7.00. The zero-order valence-electron chi connectivity index (χ0n) is 10.9. The number of nitrogens with zero attached hydrogens (tertiary/aromatic N) is 1. The molecule has 0 heterocycles. The van der Waals surface area contributed by atoms with Crippen molar-refractivity contribution in [3.8, 4) is 0 Å². The van der Waals surface area contributed by atoms with E-state index in [4.69, 9.17) is 0 Å². The van der Waals surface area contributed by atoms with Crippen LogP contribution in [0.5, 0.6) is 0 Å². The molecule has 0 saturated carbocycles. The minimum Gasteiger partial charge on any atom is -0.288 e. The Kier molecular flexibility index (Phi) is 6.45. The standard InChI is InChI=1S/C14H19NS2/c1-5-6-8-11(15-2)14-12(16-3)9-7-10-13(14)17-4/h6-10H,5H2,1-4H3/b8-6-,15-11?. The van der Waals surface area contributed by atoms with Crippen LogP contribution < -0.4 is 0 Å². The molecule has 0 saturated heterocycles. The quantitative estimate of drug-likeness (QED) is 0.573. The molecule has 17 heavy (non-hydrogen) atoms. The van der Waals surface area contributed by atoms with Gasteiger partial charge in [0.2, 0.25) is 0 Å². The Hall–Kier alpha value is -0.670. The molecule has 1 rings (SSSR count). The topological polar surface area (TPSA) is 12.4 Å². The summed E-state index contributed by atoms with van der Waals surface area (Å²) < 4.78 is 0. The van der Waals surface area contributed by atoms with Gasteiger partial charge in [-0.15, -0.1) is 23.5 Å². The van der Waals surface area contributed by atoms with E-state index in [1.807, 2.05) is 7.05 Å². The van der Waals surface area contributed by atoms with Gasteiger partial charge in [-0.25, -0.2) is 0 Å². The van der Waals surface area contributed by atoms with Gasteiger partial charge >= 0.3 is 0 Å². The summed E-state index contributed by atoms with van der Waals surface area (Å²) in [5.41, 5.74) is 2.33. The molecule has 0 fully saturated rings. The van der Waals surface area contributed by atoms with Crippen LogP contribution in [0, 0.1) is 0 Å². The largest absolute Gasteiger partial charge is 0.288 e. The van der Waals surface area contributed by atoms with Gasteiger partial charge in [0.15, 0.2) is 0 Å². The van der Waals surface area contributed by atoms with Gasteiger partial charge in [-0.05, 0) is 37.1 Å². The lowest BCUT2D eigenvalue weighted by molar-refractivity contribution is 1.22. The van der Waals surface area contributed by atoms with E-state index in [0.717, 1.165) is 12.1 Å². The fraction of sp³-hybridized carbons (Fsp3) is 0.357. The summed E-state index contributed by atoms with van der Waals surface area (Å²) in [6.45, 7) is 2.14. The third kappa shape index (κ3) is 3.65. The molecule has 0 unspecified atom stereocenters. The Balaban J connectivity index is 3.30. The highest BCUT2D eigenvalue weighted by atomic mass is 32.2. The summed E-state index contributed by atoms with van der Waals surface area (Å²) in [6.07, 6.45) is 9.53. The van der Waals surface area contributed by atoms with Crippen LogP contribution in [0.4, 0.5) is 0 Å². The van der Waals surface area contributed by atoms with Gasteiger partial charge in [-0.2, -0.15) is 0 Å². The average molecular weight is 265 g/mol. The molecular weight excluding hydrogens is 246 g/mol. The van der Waals surface area contributed by atoms with Crippen molar-refractivity contribution in [2.45, 2.75) is 23.1 Å². The van der Waals surface area contributed by atoms with Gasteiger partial charge in [0.25, 0.3) is 0 Å². The first kappa shape index (κ1) is 14.4. The van der Waals surface area contributed by atoms with Crippen LogP contribution >= 0.6 is 23.5 Å². The smallest absolute Gasteiger partial charge is 0.0662 e. The molecule has 0 aliphatic carbocycles. The molecular formula is C14H19NS2. The maximum absolute atomic E-state index is 4.42. The molecule has 3 heteroatoms. The summed E-state index contributed by atoms with van der Waals surface area (Å²) >= 11 is 3.55. The lowest BCUT2D eigenvalue weighted by atomic mass is 10.1. The van der Waals surface area contributed by atoms with E-state index in [1.165, 1.54) is 15.4 Å². The summed E-state index contributed by atoms with van der Waals surface area (Å²) in [7, 11) is 1.86. The Bertz CT molecular complexity index is 400. The van der Waals surface area contributed by atoms with Crippen LogP contribution in [0.1, 0.15) is 18.9 Å². The second-order valence-corrected chi connectivity index (χ2v) is 5.15. The first-order valence-corrected chi connectivity index (χ1v) is 8.08. The molecule has 0 aromatic heterocycles. The molecule has 0 atom stereocenters. The number of hydrogen-bond donors (Lipinski definition) is 0. The predicted molar refractivity (Wildman–Crippen MR) is 81.9 cm³/mol. The van der Waals surface area contributed by atoms with Crippen LogP contribution in [0.15, 0.2) is 45.1 Å². The molecule has 0 radical (unpaired) electrons. The van der Waals surface area contributed by atoms with E-state index in [0.29, 0.717) is 0 Å². The molecule has 1 nitrogen and oxygen atoms in total. The summed E-state index contributed by atoms with van der Waals surface area (Å²) in [5.74, 6) is 0. The lowest BCUT2D eigenvalue weighted by Crippen LogP contribution is -2.01. The lowest BCUT2D eigenvalue weighted by Gasteiger charge is -2.11. The molecule has 0 spiro atoms. The van der Waals surface area contributed by atoms with E-state index < -0.39 is 0 Å². The number of allylic oxidation sites excluding steroid dienone is 2. The second kappa shape index (κ2) is 7.62. The van der Waals surface area contributed by atoms with Gasteiger partial charge < -0.3 is 0 Å². The van der Waals surface area contributed by atoms with Crippen molar-refractivity contribution in [1.29, 1.82) is 0 Å². The average Bonchev–Trinajstić information content (AvgIpc) is 2.39. The molecule has 92 valence electrons. The number of aliphatic imine (C=N–C) groups is 1. The fourth-order valence-corrected chi connectivity index (χ4v) is 2.93. The van der Waals surface area contributed by atoms with E-state index in [1.54, 1.807) is 23.5 Å². The highest BCUT2D eigenvalue weighted by Crippen LogP contribution is 2.30. The van der Waals surface area contributed by atoms with Crippen molar-refractivity contribution < 1.29 is 0 Å². The fourth-order valence-electron chi connectivity index (χ4n) is 1.60. The minimum atomic E-state index is 1.04. The van der Waals surface area contributed by atoms with Crippen molar-refractivity contribution in [2.24, 2.45) is 4.99 Å². The van der Waals surface area contributed by atoms with Crippen LogP contribution in [0.2, 0.25) is 0 Å². The zero-order valence-corrected chi connectivity index (χ0v) is 12.5. The third-order valence-corrected chi connectivity index (χ3v) is 4.00. The minimum absolute atomic E-state index is 1.04. The van der Waals surface area contributed by atoms with E-state index in [2.05, 4.69) is 54.8 Å². The summed E-state index contributed by atoms with van der Waals surface area (Å²) in [5, 5.41) is 0. The molecule has 0 N–H and O–H groups in total. The van der Waals surface area contributed by atoms with Crippen molar-refractivity contribution >= 4 is 29.2 Å². The maximum atomic E-state index is 4.42. The molecule has 0 aliphatic rings. The van der Waals surface area contributed by atoms with Gasteiger partial charge in [0, 0.05) is 22.4 Å². The number of benzene rings is 1.